The Morgan fingerprint density at radius 1 is 1.27 bits per heavy atom. The van der Waals surface area contributed by atoms with Crippen LogP contribution >= 0.6 is 24.0 Å². The quantitative estimate of drug-likeness (QED) is 0.401. The van der Waals surface area contributed by atoms with Crippen molar-refractivity contribution >= 4 is 35.8 Å². The fourth-order valence-electron chi connectivity index (χ4n) is 3.21. The van der Waals surface area contributed by atoms with E-state index in [2.05, 4.69) is 20.5 Å². The van der Waals surface area contributed by atoms with Gasteiger partial charge in [-0.3, -0.25) is 14.7 Å². The van der Waals surface area contributed by atoms with E-state index in [9.17, 15) is 4.79 Å². The molecule has 1 heterocycles. The molecule has 128 valence electrons. The van der Waals surface area contributed by atoms with Crippen molar-refractivity contribution in [3.8, 4) is 0 Å². The van der Waals surface area contributed by atoms with Crippen LogP contribution in [0.15, 0.2) is 4.99 Å². The van der Waals surface area contributed by atoms with Crippen LogP contribution in [0.1, 0.15) is 32.1 Å². The van der Waals surface area contributed by atoms with Gasteiger partial charge in [0.2, 0.25) is 5.91 Å². The van der Waals surface area contributed by atoms with E-state index in [1.54, 1.807) is 26.0 Å². The Labute approximate surface area is 151 Å². The van der Waals surface area contributed by atoms with Crippen molar-refractivity contribution in [2.75, 3.05) is 40.8 Å². The third-order valence-electron chi connectivity index (χ3n) is 4.53. The Balaban J connectivity index is 0.00000242. The minimum Gasteiger partial charge on any atom is -0.352 e. The van der Waals surface area contributed by atoms with Gasteiger partial charge >= 0.3 is 0 Å². The van der Waals surface area contributed by atoms with Gasteiger partial charge in [-0.1, -0.05) is 12.8 Å². The number of amides is 1. The fraction of sp³-hybridized carbons (Fsp3) is 0.867. The molecule has 2 N–H and O–H groups in total. The van der Waals surface area contributed by atoms with Gasteiger partial charge in [0, 0.05) is 46.3 Å². The maximum Gasteiger partial charge on any atom is 0.241 e. The minimum atomic E-state index is 0. The first-order valence-electron chi connectivity index (χ1n) is 8.01. The van der Waals surface area contributed by atoms with E-state index in [1.165, 1.54) is 32.2 Å². The van der Waals surface area contributed by atoms with Gasteiger partial charge in [0.25, 0.3) is 0 Å². The number of hydrogen-bond donors (Lipinski definition) is 2. The van der Waals surface area contributed by atoms with E-state index < -0.39 is 0 Å². The lowest BCUT2D eigenvalue weighted by Gasteiger charge is -2.24. The highest BCUT2D eigenvalue weighted by Crippen LogP contribution is 2.26. The summed E-state index contributed by atoms with van der Waals surface area (Å²) in [6, 6.07) is 1.23. The number of hydrogen-bond acceptors (Lipinski definition) is 3. The second-order valence-electron chi connectivity index (χ2n) is 6.28. The number of carbonyl (C=O) groups excluding carboxylic acids is 1. The molecule has 2 aliphatic rings. The van der Waals surface area contributed by atoms with E-state index in [0.29, 0.717) is 6.04 Å². The monoisotopic (exact) mass is 423 g/mol. The highest BCUT2D eigenvalue weighted by molar-refractivity contribution is 14.0. The van der Waals surface area contributed by atoms with Crippen LogP contribution in [-0.2, 0) is 4.79 Å². The second kappa shape index (κ2) is 9.54. The van der Waals surface area contributed by atoms with Crippen LogP contribution in [0.25, 0.3) is 0 Å². The smallest absolute Gasteiger partial charge is 0.241 e. The van der Waals surface area contributed by atoms with Crippen LogP contribution in [0.3, 0.4) is 0 Å². The highest BCUT2D eigenvalue weighted by atomic mass is 127. The van der Waals surface area contributed by atoms with Crippen molar-refractivity contribution in [1.29, 1.82) is 0 Å². The first-order valence-corrected chi connectivity index (χ1v) is 8.01. The van der Waals surface area contributed by atoms with Gasteiger partial charge in [0.15, 0.2) is 5.96 Å². The van der Waals surface area contributed by atoms with Crippen LogP contribution < -0.4 is 10.6 Å². The summed E-state index contributed by atoms with van der Waals surface area (Å²) in [5.41, 5.74) is 0. The molecule has 1 saturated heterocycles. The molecule has 1 aliphatic carbocycles. The number of rotatable bonds is 4. The zero-order chi connectivity index (χ0) is 15.2. The average molecular weight is 423 g/mol. The third-order valence-corrected chi connectivity index (χ3v) is 4.53. The number of nitrogens with one attached hydrogen (secondary N) is 2. The first kappa shape index (κ1) is 19.5. The van der Waals surface area contributed by atoms with E-state index in [1.807, 2.05) is 0 Å². The fourth-order valence-corrected chi connectivity index (χ4v) is 3.21. The number of nitrogens with zero attached hydrogens (tertiary/aromatic N) is 3. The topological polar surface area (TPSA) is 60.0 Å². The van der Waals surface area contributed by atoms with Gasteiger partial charge in [0.1, 0.15) is 0 Å². The zero-order valence-corrected chi connectivity index (χ0v) is 16.3. The largest absolute Gasteiger partial charge is 0.352 e. The lowest BCUT2D eigenvalue weighted by Crippen LogP contribution is -2.47. The molecule has 0 aromatic carbocycles. The number of halogens is 1. The summed E-state index contributed by atoms with van der Waals surface area (Å²) in [5, 5.41) is 6.53. The van der Waals surface area contributed by atoms with Gasteiger partial charge < -0.3 is 15.5 Å². The molecule has 1 atom stereocenters. The number of likely N-dealkylation sites (tertiary alicyclic amines) is 1. The number of likely N-dealkylation sites (N-methyl/N-ethyl adjacent to an activating group) is 1. The maximum absolute atomic E-state index is 11.6. The van der Waals surface area contributed by atoms with E-state index in [-0.39, 0.29) is 36.4 Å². The zero-order valence-electron chi connectivity index (χ0n) is 14.0. The Kier molecular flexibility index (Phi) is 8.45. The molecule has 2 fully saturated rings. The molecule has 7 heteroatoms. The van der Waals surface area contributed by atoms with Gasteiger partial charge in [-0.25, -0.2) is 0 Å². The van der Waals surface area contributed by atoms with E-state index in [4.69, 9.17) is 0 Å². The molecule has 1 aliphatic heterocycles. The average Bonchev–Trinajstić information content (AvgIpc) is 3.13. The van der Waals surface area contributed by atoms with E-state index in [0.717, 1.165) is 25.0 Å². The molecule has 0 aromatic rings. The Bertz CT molecular complexity index is 382. The molecule has 2 rings (SSSR count). The van der Waals surface area contributed by atoms with Crippen LogP contribution in [0.4, 0.5) is 0 Å². The summed E-state index contributed by atoms with van der Waals surface area (Å²) in [6.07, 6.45) is 6.64. The van der Waals surface area contributed by atoms with Gasteiger partial charge in [-0.2, -0.15) is 0 Å². The van der Waals surface area contributed by atoms with E-state index >= 15 is 0 Å². The molecule has 0 spiro atoms. The van der Waals surface area contributed by atoms with Crippen molar-refractivity contribution in [3.63, 3.8) is 0 Å². The molecule has 1 unspecified atom stereocenters. The first-order chi connectivity index (χ1) is 10.1. The third kappa shape index (κ3) is 5.57. The Morgan fingerprint density at radius 2 is 1.95 bits per heavy atom. The van der Waals surface area contributed by atoms with Crippen molar-refractivity contribution in [2.45, 2.75) is 44.2 Å². The Morgan fingerprint density at radius 3 is 2.55 bits per heavy atom. The second-order valence-corrected chi connectivity index (χ2v) is 6.28. The molecule has 1 amide bonds. The molecule has 0 radical (unpaired) electrons. The predicted molar refractivity (Wildman–Crippen MR) is 101 cm³/mol. The van der Waals surface area contributed by atoms with Crippen molar-refractivity contribution in [2.24, 2.45) is 4.99 Å². The number of guanidine groups is 1. The van der Waals surface area contributed by atoms with Crippen LogP contribution in [0.5, 0.6) is 0 Å². The minimum absolute atomic E-state index is 0. The lowest BCUT2D eigenvalue weighted by atomic mass is 10.2. The summed E-state index contributed by atoms with van der Waals surface area (Å²) in [7, 11) is 5.27. The highest BCUT2D eigenvalue weighted by Gasteiger charge is 2.30. The van der Waals surface area contributed by atoms with Crippen LogP contribution in [0, 0.1) is 0 Å². The normalized spacial score (nSPS) is 23.2. The molecule has 0 bridgehead atoms. The molecule has 6 nitrogen and oxygen atoms in total. The molecular formula is C15H30IN5O. The molecule has 22 heavy (non-hydrogen) atoms. The maximum atomic E-state index is 11.6. The SMILES string of the molecule is CN=C(NCC(=O)N(C)C)NC1CCN(C2CCCC2)C1.I. The summed E-state index contributed by atoms with van der Waals surface area (Å²) in [5.74, 6) is 0.778. The summed E-state index contributed by atoms with van der Waals surface area (Å²) in [6.45, 7) is 2.55. The summed E-state index contributed by atoms with van der Waals surface area (Å²) < 4.78 is 0. The van der Waals surface area contributed by atoms with Gasteiger partial charge in [-0.15, -0.1) is 24.0 Å². The van der Waals surface area contributed by atoms with Gasteiger partial charge in [-0.05, 0) is 19.3 Å². The molecule has 0 aromatic heterocycles. The van der Waals surface area contributed by atoms with Crippen LogP contribution in [0.2, 0.25) is 0 Å². The Hall–Kier alpha value is -0.570. The van der Waals surface area contributed by atoms with Crippen LogP contribution in [-0.4, -0.2) is 74.5 Å². The summed E-state index contributed by atoms with van der Waals surface area (Å²) in [4.78, 5) is 20.0. The summed E-state index contributed by atoms with van der Waals surface area (Å²) >= 11 is 0. The van der Waals surface area contributed by atoms with Crippen molar-refractivity contribution in [1.82, 2.24) is 20.4 Å². The lowest BCUT2D eigenvalue weighted by molar-refractivity contribution is -0.127. The molecular weight excluding hydrogens is 393 g/mol. The number of aliphatic imine (C=N–C) groups is 1. The van der Waals surface area contributed by atoms with Gasteiger partial charge in [0.05, 0.1) is 6.54 Å². The van der Waals surface area contributed by atoms with Crippen molar-refractivity contribution < 1.29 is 4.79 Å². The van der Waals surface area contributed by atoms with Crippen molar-refractivity contribution in [3.05, 3.63) is 0 Å². The predicted octanol–water partition coefficient (Wildman–Crippen LogP) is 0.874. The number of carbonyl (C=O) groups is 1. The molecule has 1 saturated carbocycles. The standard InChI is InChI=1S/C15H29N5O.HI/c1-16-15(17-10-14(21)19(2)3)18-12-8-9-20(11-12)13-6-4-5-7-13;/h12-13H,4-11H2,1-3H3,(H2,16,17,18);1H.